The van der Waals surface area contributed by atoms with Crippen LogP contribution in [0.25, 0.3) is 0 Å². The van der Waals surface area contributed by atoms with Gasteiger partial charge in [0, 0.05) is 13.1 Å². The van der Waals surface area contributed by atoms with Gasteiger partial charge >= 0.3 is 6.09 Å². The molecule has 0 aromatic heterocycles. The van der Waals surface area contributed by atoms with Crippen LogP contribution in [0.4, 0.5) is 4.79 Å². The van der Waals surface area contributed by atoms with Crippen LogP contribution in [0.1, 0.15) is 65.2 Å². The van der Waals surface area contributed by atoms with Gasteiger partial charge < -0.3 is 9.64 Å². The minimum Gasteiger partial charge on any atom is -0.445 e. The molecule has 19 heavy (non-hydrogen) atoms. The summed E-state index contributed by atoms with van der Waals surface area (Å²) < 4.78 is 5.14. The molecule has 1 amide bonds. The van der Waals surface area contributed by atoms with E-state index in [4.69, 9.17) is 4.74 Å². The van der Waals surface area contributed by atoms with Gasteiger partial charge in [-0.1, -0.05) is 65.0 Å². The molecule has 0 aromatic rings. The lowest BCUT2D eigenvalue weighted by atomic mass is 10.2. The van der Waals surface area contributed by atoms with Gasteiger partial charge in [-0.3, -0.25) is 0 Å². The van der Waals surface area contributed by atoms with Gasteiger partial charge in [-0.15, -0.1) is 0 Å². The summed E-state index contributed by atoms with van der Waals surface area (Å²) in [6.45, 7) is 9.91. The molecule has 0 spiro atoms. The van der Waals surface area contributed by atoms with E-state index >= 15 is 0 Å². The summed E-state index contributed by atoms with van der Waals surface area (Å²) >= 11 is 0. The minimum atomic E-state index is -0.187. The Balaban J connectivity index is 3.97. The van der Waals surface area contributed by atoms with Gasteiger partial charge in [0.1, 0.15) is 6.61 Å². The molecule has 0 radical (unpaired) electrons. The van der Waals surface area contributed by atoms with Crippen molar-refractivity contribution in [3.63, 3.8) is 0 Å². The number of rotatable bonds is 12. The number of hydrogen-bond donors (Lipinski definition) is 0. The minimum absolute atomic E-state index is 0.187. The Morgan fingerprint density at radius 2 is 1.53 bits per heavy atom. The smallest absolute Gasteiger partial charge is 0.410 e. The van der Waals surface area contributed by atoms with Crippen molar-refractivity contribution in [2.24, 2.45) is 0 Å². The first-order chi connectivity index (χ1) is 9.26. The Bertz CT molecular complexity index is 217. The highest BCUT2D eigenvalue weighted by atomic mass is 16.6. The molecule has 0 saturated heterocycles. The van der Waals surface area contributed by atoms with E-state index in [-0.39, 0.29) is 6.09 Å². The van der Waals surface area contributed by atoms with Gasteiger partial charge in [-0.25, -0.2) is 4.79 Å². The SMILES string of the molecule is C=CCOC(=O)N(CCCCCC)CCCCCC. The zero-order chi connectivity index (χ0) is 14.3. The highest BCUT2D eigenvalue weighted by Crippen LogP contribution is 2.07. The first-order valence-corrected chi connectivity index (χ1v) is 7.78. The molecule has 3 heteroatoms. The molecule has 0 fully saturated rings. The van der Waals surface area contributed by atoms with Crippen molar-refractivity contribution in [1.82, 2.24) is 4.90 Å². The van der Waals surface area contributed by atoms with E-state index in [2.05, 4.69) is 20.4 Å². The molecule has 0 aliphatic rings. The molecule has 0 heterocycles. The van der Waals surface area contributed by atoms with Crippen LogP contribution in [0.3, 0.4) is 0 Å². The molecule has 0 saturated carbocycles. The quantitative estimate of drug-likeness (QED) is 0.377. The molecule has 0 atom stereocenters. The fraction of sp³-hybridized carbons (Fsp3) is 0.812. The Morgan fingerprint density at radius 1 is 1.00 bits per heavy atom. The van der Waals surface area contributed by atoms with E-state index in [1.54, 1.807) is 6.08 Å². The van der Waals surface area contributed by atoms with E-state index in [0.29, 0.717) is 6.61 Å². The van der Waals surface area contributed by atoms with E-state index in [1.165, 1.54) is 38.5 Å². The maximum atomic E-state index is 11.9. The van der Waals surface area contributed by atoms with Crippen molar-refractivity contribution in [1.29, 1.82) is 0 Å². The first-order valence-electron chi connectivity index (χ1n) is 7.78. The molecule has 112 valence electrons. The van der Waals surface area contributed by atoms with E-state index < -0.39 is 0 Å². The van der Waals surface area contributed by atoms with Crippen molar-refractivity contribution in [3.05, 3.63) is 12.7 Å². The van der Waals surface area contributed by atoms with Crippen LogP contribution >= 0.6 is 0 Å². The van der Waals surface area contributed by atoms with Crippen molar-refractivity contribution in [3.8, 4) is 0 Å². The Labute approximate surface area is 119 Å². The van der Waals surface area contributed by atoms with Crippen LogP contribution in [0.15, 0.2) is 12.7 Å². The summed E-state index contributed by atoms with van der Waals surface area (Å²) in [5.41, 5.74) is 0. The average Bonchev–Trinajstić information content (AvgIpc) is 2.43. The molecule has 0 N–H and O–H groups in total. The van der Waals surface area contributed by atoms with Crippen molar-refractivity contribution < 1.29 is 9.53 Å². The van der Waals surface area contributed by atoms with Crippen LogP contribution in [0.2, 0.25) is 0 Å². The lowest BCUT2D eigenvalue weighted by molar-refractivity contribution is 0.111. The largest absolute Gasteiger partial charge is 0.445 e. The number of amides is 1. The normalized spacial score (nSPS) is 10.2. The predicted molar refractivity (Wildman–Crippen MR) is 81.4 cm³/mol. The van der Waals surface area contributed by atoms with Gasteiger partial charge in [0.25, 0.3) is 0 Å². The molecule has 0 unspecified atom stereocenters. The topological polar surface area (TPSA) is 29.5 Å². The molecule has 0 aliphatic heterocycles. The van der Waals surface area contributed by atoms with Crippen LogP contribution in [0.5, 0.6) is 0 Å². The predicted octanol–water partition coefficient (Wildman–Crippen LogP) is 4.77. The highest BCUT2D eigenvalue weighted by Gasteiger charge is 2.13. The summed E-state index contributed by atoms with van der Waals surface area (Å²) in [7, 11) is 0. The molecule has 0 rings (SSSR count). The zero-order valence-corrected chi connectivity index (χ0v) is 12.8. The average molecular weight is 269 g/mol. The summed E-state index contributed by atoms with van der Waals surface area (Å²) in [6, 6.07) is 0. The summed E-state index contributed by atoms with van der Waals surface area (Å²) in [5, 5.41) is 0. The zero-order valence-electron chi connectivity index (χ0n) is 12.8. The Kier molecular flexibility index (Phi) is 12.7. The van der Waals surface area contributed by atoms with E-state index in [9.17, 15) is 4.79 Å². The van der Waals surface area contributed by atoms with Gasteiger partial charge in [-0.2, -0.15) is 0 Å². The third-order valence-electron chi connectivity index (χ3n) is 3.15. The molecular formula is C16H31NO2. The van der Waals surface area contributed by atoms with Gasteiger partial charge in [0.15, 0.2) is 0 Å². The lowest BCUT2D eigenvalue weighted by Crippen LogP contribution is -2.33. The van der Waals surface area contributed by atoms with E-state index in [0.717, 1.165) is 25.9 Å². The monoisotopic (exact) mass is 269 g/mol. The number of hydrogen-bond acceptors (Lipinski definition) is 2. The Morgan fingerprint density at radius 3 is 1.95 bits per heavy atom. The number of carbonyl (C=O) groups is 1. The number of unbranched alkanes of at least 4 members (excludes halogenated alkanes) is 6. The maximum absolute atomic E-state index is 11.9. The third-order valence-corrected chi connectivity index (χ3v) is 3.15. The molecule has 0 aliphatic carbocycles. The second-order valence-corrected chi connectivity index (χ2v) is 4.97. The number of carbonyl (C=O) groups excluding carboxylic acids is 1. The second-order valence-electron chi connectivity index (χ2n) is 4.97. The van der Waals surface area contributed by atoms with Gasteiger partial charge in [0.05, 0.1) is 0 Å². The lowest BCUT2D eigenvalue weighted by Gasteiger charge is -2.21. The van der Waals surface area contributed by atoms with Crippen LogP contribution in [0, 0.1) is 0 Å². The van der Waals surface area contributed by atoms with Crippen molar-refractivity contribution in [2.45, 2.75) is 65.2 Å². The molecule has 0 bridgehead atoms. The first kappa shape index (κ1) is 18.0. The summed E-state index contributed by atoms with van der Waals surface area (Å²) in [6.07, 6.45) is 10.9. The number of nitrogens with zero attached hydrogens (tertiary/aromatic N) is 1. The second kappa shape index (κ2) is 13.4. The fourth-order valence-corrected chi connectivity index (χ4v) is 1.97. The molecule has 3 nitrogen and oxygen atoms in total. The maximum Gasteiger partial charge on any atom is 0.410 e. The van der Waals surface area contributed by atoms with Crippen LogP contribution in [-0.2, 0) is 4.74 Å². The number of ether oxygens (including phenoxy) is 1. The van der Waals surface area contributed by atoms with Crippen LogP contribution in [-0.4, -0.2) is 30.7 Å². The molecule has 0 aromatic carbocycles. The molecular weight excluding hydrogens is 238 g/mol. The van der Waals surface area contributed by atoms with Crippen molar-refractivity contribution in [2.75, 3.05) is 19.7 Å². The summed E-state index contributed by atoms with van der Waals surface area (Å²) in [4.78, 5) is 13.7. The summed E-state index contributed by atoms with van der Waals surface area (Å²) in [5.74, 6) is 0. The Hall–Kier alpha value is -0.990. The fourth-order valence-electron chi connectivity index (χ4n) is 1.97. The third kappa shape index (κ3) is 10.6. The van der Waals surface area contributed by atoms with Gasteiger partial charge in [-0.05, 0) is 12.8 Å². The van der Waals surface area contributed by atoms with Crippen LogP contribution < -0.4 is 0 Å². The van der Waals surface area contributed by atoms with Gasteiger partial charge in [0.2, 0.25) is 0 Å². The standard InChI is InChI=1S/C16H31NO2/c1-4-7-9-11-13-17(14-12-10-8-5-2)16(18)19-15-6-3/h6H,3-5,7-15H2,1-2H3. The van der Waals surface area contributed by atoms with E-state index in [1.807, 2.05) is 4.90 Å². The highest BCUT2D eigenvalue weighted by molar-refractivity contribution is 5.67. The van der Waals surface area contributed by atoms with Crippen molar-refractivity contribution >= 4 is 6.09 Å².